The molecule has 0 saturated carbocycles. The van der Waals surface area contributed by atoms with Gasteiger partial charge < -0.3 is 18.9 Å². The Labute approximate surface area is 112 Å². The number of fused-ring (bicyclic) bond motifs is 1. The van der Waals surface area contributed by atoms with Crippen LogP contribution in [-0.2, 0) is 14.3 Å². The Balaban J connectivity index is 2.44. The Morgan fingerprint density at radius 2 is 1.74 bits per heavy atom. The largest absolute Gasteiger partial charge is 0.493 e. The van der Waals surface area contributed by atoms with E-state index in [2.05, 4.69) is 0 Å². The highest BCUT2D eigenvalue weighted by Crippen LogP contribution is 2.45. The Bertz CT molecular complexity index is 483. The van der Waals surface area contributed by atoms with Gasteiger partial charge in [0.25, 0.3) is 0 Å². The lowest BCUT2D eigenvalue weighted by Crippen LogP contribution is -2.04. The summed E-state index contributed by atoms with van der Waals surface area (Å²) in [6, 6.07) is 3.68. The molecule has 5 nitrogen and oxygen atoms in total. The number of ether oxygens (including phenoxy) is 4. The number of carbonyl (C=O) groups excluding carboxylic acids is 1. The van der Waals surface area contributed by atoms with E-state index in [-0.39, 0.29) is 11.9 Å². The molecule has 5 heteroatoms. The van der Waals surface area contributed by atoms with Gasteiger partial charge in [0.15, 0.2) is 17.8 Å². The monoisotopic (exact) mass is 266 g/mol. The smallest absolute Gasteiger partial charge is 0.184 e. The highest BCUT2D eigenvalue weighted by Gasteiger charge is 2.34. The molecule has 19 heavy (non-hydrogen) atoms. The first-order valence-electron chi connectivity index (χ1n) is 6.04. The molecule has 0 radical (unpaired) electrons. The third-order valence-electron chi connectivity index (χ3n) is 3.16. The van der Waals surface area contributed by atoms with Crippen LogP contribution in [0.4, 0.5) is 0 Å². The predicted octanol–water partition coefficient (Wildman–Crippen LogP) is 2.40. The van der Waals surface area contributed by atoms with Crippen molar-refractivity contribution in [2.75, 3.05) is 21.3 Å². The van der Waals surface area contributed by atoms with Gasteiger partial charge in [0.1, 0.15) is 5.78 Å². The molecule has 0 saturated heterocycles. The fourth-order valence-corrected chi connectivity index (χ4v) is 2.29. The third-order valence-corrected chi connectivity index (χ3v) is 3.16. The van der Waals surface area contributed by atoms with E-state index in [1.165, 1.54) is 0 Å². The molecule has 104 valence electrons. The van der Waals surface area contributed by atoms with Crippen LogP contribution in [0.15, 0.2) is 12.1 Å². The van der Waals surface area contributed by atoms with Gasteiger partial charge in [-0.2, -0.15) is 0 Å². The summed E-state index contributed by atoms with van der Waals surface area (Å²) in [6.45, 7) is 1.55. The van der Waals surface area contributed by atoms with E-state index < -0.39 is 6.29 Å². The topological polar surface area (TPSA) is 54.0 Å². The van der Waals surface area contributed by atoms with E-state index >= 15 is 0 Å². The molecule has 0 bridgehead atoms. The number of Topliss-reactive ketones (excluding diaryl/α,β-unsaturated/α-hetero) is 1. The fourth-order valence-electron chi connectivity index (χ4n) is 2.29. The van der Waals surface area contributed by atoms with E-state index in [0.29, 0.717) is 17.9 Å². The number of ketones is 1. The van der Waals surface area contributed by atoms with Crippen LogP contribution < -0.4 is 9.47 Å². The summed E-state index contributed by atoms with van der Waals surface area (Å²) in [7, 11) is 4.73. The normalized spacial score (nSPS) is 21.1. The third kappa shape index (κ3) is 2.57. The standard InChI is InChI=1S/C14H18O5/c1-8(15)5-11-9-6-12(16-2)13(17-3)7-10(9)14(18-4)19-11/h6-7,11,14H,5H2,1-4H3. The van der Waals surface area contributed by atoms with Crippen molar-refractivity contribution in [3.63, 3.8) is 0 Å². The van der Waals surface area contributed by atoms with Crippen LogP contribution in [-0.4, -0.2) is 27.1 Å². The van der Waals surface area contributed by atoms with Crippen LogP contribution in [0.25, 0.3) is 0 Å². The van der Waals surface area contributed by atoms with Gasteiger partial charge in [-0.05, 0) is 24.6 Å². The average molecular weight is 266 g/mol. The fraction of sp³-hybridized carbons (Fsp3) is 0.500. The lowest BCUT2D eigenvalue weighted by molar-refractivity contribution is -0.149. The summed E-state index contributed by atoms with van der Waals surface area (Å²) in [6.07, 6.45) is -0.445. The van der Waals surface area contributed by atoms with Crippen LogP contribution in [0.3, 0.4) is 0 Å². The van der Waals surface area contributed by atoms with Gasteiger partial charge in [-0.1, -0.05) is 0 Å². The SMILES string of the molecule is COc1cc2c(cc1OC)C(OC)OC2CC(C)=O. The maximum atomic E-state index is 11.3. The number of hydrogen-bond donors (Lipinski definition) is 0. The van der Waals surface area contributed by atoms with Crippen molar-refractivity contribution >= 4 is 5.78 Å². The van der Waals surface area contributed by atoms with Gasteiger partial charge in [-0.25, -0.2) is 0 Å². The van der Waals surface area contributed by atoms with Crippen molar-refractivity contribution < 1.29 is 23.7 Å². The summed E-state index contributed by atoms with van der Waals surface area (Å²) < 4.78 is 21.6. The molecular weight excluding hydrogens is 248 g/mol. The van der Waals surface area contributed by atoms with Crippen molar-refractivity contribution in [3.8, 4) is 11.5 Å². The van der Waals surface area contributed by atoms with E-state index in [1.54, 1.807) is 28.3 Å². The molecule has 1 heterocycles. The average Bonchev–Trinajstić information content (AvgIpc) is 2.73. The molecule has 2 rings (SSSR count). The zero-order chi connectivity index (χ0) is 14.0. The minimum Gasteiger partial charge on any atom is -0.493 e. The van der Waals surface area contributed by atoms with Crippen molar-refractivity contribution in [1.82, 2.24) is 0 Å². The van der Waals surface area contributed by atoms with Gasteiger partial charge in [0.05, 0.1) is 20.3 Å². The summed E-state index contributed by atoms with van der Waals surface area (Å²) in [4.78, 5) is 11.3. The molecule has 1 aromatic carbocycles. The van der Waals surface area contributed by atoms with Crippen molar-refractivity contribution in [1.29, 1.82) is 0 Å². The van der Waals surface area contributed by atoms with Crippen molar-refractivity contribution in [2.24, 2.45) is 0 Å². The second-order valence-electron chi connectivity index (χ2n) is 4.43. The Kier molecular flexibility index (Phi) is 4.07. The highest BCUT2D eigenvalue weighted by molar-refractivity contribution is 5.76. The van der Waals surface area contributed by atoms with Gasteiger partial charge >= 0.3 is 0 Å². The maximum Gasteiger partial charge on any atom is 0.184 e. The summed E-state index contributed by atoms with van der Waals surface area (Å²) in [5, 5.41) is 0. The second kappa shape index (κ2) is 5.59. The summed E-state index contributed by atoms with van der Waals surface area (Å²) in [5.74, 6) is 1.31. The zero-order valence-electron chi connectivity index (χ0n) is 11.6. The summed E-state index contributed by atoms with van der Waals surface area (Å²) >= 11 is 0. The zero-order valence-corrected chi connectivity index (χ0v) is 11.6. The number of benzene rings is 1. The molecule has 0 amide bonds. The molecular formula is C14H18O5. The Hall–Kier alpha value is -1.59. The second-order valence-corrected chi connectivity index (χ2v) is 4.43. The molecule has 0 N–H and O–H groups in total. The van der Waals surface area contributed by atoms with Gasteiger partial charge in [-0.15, -0.1) is 0 Å². The number of methoxy groups -OCH3 is 3. The van der Waals surface area contributed by atoms with E-state index in [1.807, 2.05) is 12.1 Å². The lowest BCUT2D eigenvalue weighted by Gasteiger charge is -2.12. The first-order chi connectivity index (χ1) is 9.10. The van der Waals surface area contributed by atoms with Crippen molar-refractivity contribution in [3.05, 3.63) is 23.3 Å². The predicted molar refractivity (Wildman–Crippen MR) is 68.4 cm³/mol. The highest BCUT2D eigenvalue weighted by atomic mass is 16.7. The maximum absolute atomic E-state index is 11.3. The van der Waals surface area contributed by atoms with E-state index in [0.717, 1.165) is 11.1 Å². The molecule has 0 aromatic heterocycles. The van der Waals surface area contributed by atoms with Gasteiger partial charge in [0.2, 0.25) is 0 Å². The molecule has 2 unspecified atom stereocenters. The van der Waals surface area contributed by atoms with Gasteiger partial charge in [0, 0.05) is 19.1 Å². The van der Waals surface area contributed by atoms with Crippen LogP contribution in [0.2, 0.25) is 0 Å². The molecule has 1 aliphatic rings. The van der Waals surface area contributed by atoms with Crippen LogP contribution in [0.1, 0.15) is 36.9 Å². The Morgan fingerprint density at radius 3 is 2.21 bits per heavy atom. The molecule has 0 spiro atoms. The molecule has 1 aliphatic heterocycles. The minimum atomic E-state index is -0.473. The molecule has 2 atom stereocenters. The number of rotatable bonds is 5. The van der Waals surface area contributed by atoms with Gasteiger partial charge in [-0.3, -0.25) is 4.79 Å². The molecule has 0 fully saturated rings. The number of carbonyl (C=O) groups is 1. The first-order valence-corrected chi connectivity index (χ1v) is 6.04. The number of hydrogen-bond acceptors (Lipinski definition) is 5. The van der Waals surface area contributed by atoms with E-state index in [4.69, 9.17) is 18.9 Å². The van der Waals surface area contributed by atoms with E-state index in [9.17, 15) is 4.79 Å². The lowest BCUT2D eigenvalue weighted by atomic mass is 10.0. The molecule has 0 aliphatic carbocycles. The van der Waals surface area contributed by atoms with Crippen LogP contribution in [0.5, 0.6) is 11.5 Å². The van der Waals surface area contributed by atoms with Crippen molar-refractivity contribution in [2.45, 2.75) is 25.7 Å². The quantitative estimate of drug-likeness (QED) is 0.819. The van der Waals surface area contributed by atoms with Crippen LogP contribution in [0, 0.1) is 0 Å². The minimum absolute atomic E-state index is 0.0717. The first kappa shape index (κ1) is 13.8. The summed E-state index contributed by atoms with van der Waals surface area (Å²) in [5.41, 5.74) is 1.80. The Morgan fingerprint density at radius 1 is 1.16 bits per heavy atom. The van der Waals surface area contributed by atoms with Crippen LogP contribution >= 0.6 is 0 Å². The molecule has 1 aromatic rings.